The minimum atomic E-state index is -3.72. The number of hydrogen-bond acceptors (Lipinski definition) is 7. The van der Waals surface area contributed by atoms with E-state index in [-0.39, 0.29) is 49.0 Å². The highest BCUT2D eigenvalue weighted by atomic mass is 32.2. The first-order valence-corrected chi connectivity index (χ1v) is 12.5. The van der Waals surface area contributed by atoms with Crippen LogP contribution in [0.15, 0.2) is 23.1 Å². The molecule has 0 atom stereocenters. The van der Waals surface area contributed by atoms with E-state index in [0.717, 1.165) is 6.42 Å². The SMILES string of the molecule is CCOC(=O)CN(C(=O)C1CCN(S(=O)(=O)c2ccc3c(c2)OCCCO3)CC1)C(C)C. The van der Waals surface area contributed by atoms with Crippen molar-refractivity contribution in [3.8, 4) is 11.5 Å². The quantitative estimate of drug-likeness (QED) is 0.564. The van der Waals surface area contributed by atoms with Crippen molar-refractivity contribution in [2.24, 2.45) is 5.92 Å². The van der Waals surface area contributed by atoms with Gasteiger partial charge in [-0.25, -0.2) is 8.42 Å². The maximum atomic E-state index is 13.2. The maximum Gasteiger partial charge on any atom is 0.325 e. The van der Waals surface area contributed by atoms with E-state index in [0.29, 0.717) is 37.6 Å². The summed E-state index contributed by atoms with van der Waals surface area (Å²) in [5.74, 6) is 0.0630. The molecular weight excluding hydrogens is 436 g/mol. The predicted molar refractivity (Wildman–Crippen MR) is 117 cm³/mol. The van der Waals surface area contributed by atoms with Crippen LogP contribution in [0.3, 0.4) is 0 Å². The van der Waals surface area contributed by atoms with Gasteiger partial charge in [-0.3, -0.25) is 9.59 Å². The second-order valence-electron chi connectivity index (χ2n) is 8.20. The molecule has 1 saturated heterocycles. The predicted octanol–water partition coefficient (Wildman–Crippen LogP) is 2.05. The van der Waals surface area contributed by atoms with Crippen LogP contribution in [0.5, 0.6) is 11.5 Å². The van der Waals surface area contributed by atoms with Crippen molar-refractivity contribution in [2.75, 3.05) is 39.5 Å². The zero-order valence-electron chi connectivity index (χ0n) is 18.9. The molecule has 0 spiro atoms. The Morgan fingerprint density at radius 3 is 2.44 bits per heavy atom. The monoisotopic (exact) mass is 468 g/mol. The number of carbonyl (C=O) groups is 2. The van der Waals surface area contributed by atoms with Gasteiger partial charge in [0.25, 0.3) is 0 Å². The number of hydrogen-bond donors (Lipinski definition) is 0. The second kappa shape index (κ2) is 10.5. The number of carbonyl (C=O) groups excluding carboxylic acids is 2. The molecule has 32 heavy (non-hydrogen) atoms. The summed E-state index contributed by atoms with van der Waals surface area (Å²) in [6, 6.07) is 4.50. The first-order valence-electron chi connectivity index (χ1n) is 11.1. The first-order chi connectivity index (χ1) is 15.2. The Labute approximate surface area is 189 Å². The molecular formula is C22H32N2O7S. The zero-order chi connectivity index (χ0) is 23.3. The molecule has 2 heterocycles. The summed E-state index contributed by atoms with van der Waals surface area (Å²) in [5, 5.41) is 0. The normalized spacial score (nSPS) is 17.6. The summed E-state index contributed by atoms with van der Waals surface area (Å²) in [6.07, 6.45) is 1.53. The Hall–Kier alpha value is -2.33. The number of rotatable bonds is 7. The van der Waals surface area contributed by atoms with E-state index in [1.54, 1.807) is 13.0 Å². The van der Waals surface area contributed by atoms with Gasteiger partial charge in [-0.2, -0.15) is 4.31 Å². The average Bonchev–Trinajstić information content (AvgIpc) is 3.02. The topological polar surface area (TPSA) is 102 Å². The van der Waals surface area contributed by atoms with Crippen LogP contribution >= 0.6 is 0 Å². The number of benzene rings is 1. The molecule has 1 aromatic rings. The van der Waals surface area contributed by atoms with Crippen molar-refractivity contribution in [1.82, 2.24) is 9.21 Å². The van der Waals surface area contributed by atoms with Crippen LogP contribution < -0.4 is 9.47 Å². The lowest BCUT2D eigenvalue weighted by atomic mass is 9.96. The highest BCUT2D eigenvalue weighted by Gasteiger charge is 2.35. The molecule has 178 valence electrons. The summed E-state index contributed by atoms with van der Waals surface area (Å²) < 4.78 is 43.9. The fraction of sp³-hybridized carbons (Fsp3) is 0.636. The number of nitrogens with zero attached hydrogens (tertiary/aromatic N) is 2. The molecule has 0 bridgehead atoms. The lowest BCUT2D eigenvalue weighted by Crippen LogP contribution is -2.48. The molecule has 9 nitrogen and oxygen atoms in total. The number of ether oxygens (including phenoxy) is 3. The van der Waals surface area contributed by atoms with Crippen LogP contribution in [-0.2, 0) is 24.3 Å². The van der Waals surface area contributed by atoms with Gasteiger partial charge < -0.3 is 19.1 Å². The summed E-state index contributed by atoms with van der Waals surface area (Å²) in [7, 11) is -3.72. The molecule has 0 radical (unpaired) electrons. The highest BCUT2D eigenvalue weighted by molar-refractivity contribution is 7.89. The Kier molecular flexibility index (Phi) is 8.00. The van der Waals surface area contributed by atoms with Crippen molar-refractivity contribution >= 4 is 21.9 Å². The van der Waals surface area contributed by atoms with Crippen LogP contribution in [0, 0.1) is 5.92 Å². The Morgan fingerprint density at radius 1 is 1.16 bits per heavy atom. The number of amides is 1. The maximum absolute atomic E-state index is 13.2. The third kappa shape index (κ3) is 5.53. The Balaban J connectivity index is 1.66. The number of fused-ring (bicyclic) bond motifs is 1. The Morgan fingerprint density at radius 2 is 1.81 bits per heavy atom. The van der Waals surface area contributed by atoms with Gasteiger partial charge in [-0.15, -0.1) is 0 Å². The Bertz CT molecular complexity index is 924. The molecule has 1 fully saturated rings. The second-order valence-corrected chi connectivity index (χ2v) is 10.1. The van der Waals surface area contributed by atoms with E-state index in [9.17, 15) is 18.0 Å². The highest BCUT2D eigenvalue weighted by Crippen LogP contribution is 2.34. The van der Waals surface area contributed by atoms with Crippen molar-refractivity contribution in [3.63, 3.8) is 0 Å². The molecule has 1 aromatic carbocycles. The summed E-state index contributed by atoms with van der Waals surface area (Å²) in [5.41, 5.74) is 0. The van der Waals surface area contributed by atoms with Crippen LogP contribution in [0.25, 0.3) is 0 Å². The van der Waals surface area contributed by atoms with Gasteiger partial charge in [-0.05, 0) is 45.7 Å². The molecule has 0 unspecified atom stereocenters. The van der Waals surface area contributed by atoms with E-state index in [4.69, 9.17) is 14.2 Å². The zero-order valence-corrected chi connectivity index (χ0v) is 19.7. The van der Waals surface area contributed by atoms with E-state index < -0.39 is 16.0 Å². The van der Waals surface area contributed by atoms with Crippen LogP contribution in [0.2, 0.25) is 0 Å². The average molecular weight is 469 g/mol. The smallest absolute Gasteiger partial charge is 0.325 e. The summed E-state index contributed by atoms with van der Waals surface area (Å²) >= 11 is 0. The largest absolute Gasteiger partial charge is 0.490 e. The van der Waals surface area contributed by atoms with Crippen LogP contribution in [0.1, 0.15) is 40.0 Å². The lowest BCUT2D eigenvalue weighted by Gasteiger charge is -2.35. The van der Waals surface area contributed by atoms with Gasteiger partial charge >= 0.3 is 5.97 Å². The van der Waals surface area contributed by atoms with Gasteiger partial charge in [0.15, 0.2) is 11.5 Å². The van der Waals surface area contributed by atoms with Gasteiger partial charge in [-0.1, -0.05) is 0 Å². The molecule has 2 aliphatic rings. The molecule has 0 saturated carbocycles. The van der Waals surface area contributed by atoms with Crippen molar-refractivity contribution < 1.29 is 32.2 Å². The fourth-order valence-electron chi connectivity index (χ4n) is 3.89. The van der Waals surface area contributed by atoms with Crippen molar-refractivity contribution in [3.05, 3.63) is 18.2 Å². The van der Waals surface area contributed by atoms with Crippen LogP contribution in [0.4, 0.5) is 0 Å². The molecule has 0 N–H and O–H groups in total. The lowest BCUT2D eigenvalue weighted by molar-refractivity contribution is -0.152. The van der Waals surface area contributed by atoms with Gasteiger partial charge in [0.2, 0.25) is 15.9 Å². The van der Waals surface area contributed by atoms with Crippen LogP contribution in [-0.4, -0.2) is 75.0 Å². The number of esters is 1. The molecule has 0 aliphatic carbocycles. The van der Waals surface area contributed by atoms with E-state index in [1.165, 1.54) is 21.3 Å². The van der Waals surface area contributed by atoms with Gasteiger partial charge in [0.1, 0.15) is 6.54 Å². The summed E-state index contributed by atoms with van der Waals surface area (Å²) in [6.45, 7) is 7.05. The minimum Gasteiger partial charge on any atom is -0.490 e. The minimum absolute atomic E-state index is 0.0972. The standard InChI is InChI=1S/C22H32N2O7S/c1-4-29-21(25)15-24(16(2)3)22(26)17-8-10-23(11-9-17)32(27,28)18-6-7-19-20(14-18)31-13-5-12-30-19/h6-7,14,16-17H,4-5,8-13,15H2,1-3H3. The number of piperidine rings is 1. The van der Waals surface area contributed by atoms with Crippen molar-refractivity contribution in [1.29, 1.82) is 0 Å². The number of sulfonamides is 1. The molecule has 0 aromatic heterocycles. The van der Waals surface area contributed by atoms with Gasteiger partial charge in [0.05, 0.1) is 24.7 Å². The van der Waals surface area contributed by atoms with E-state index >= 15 is 0 Å². The third-order valence-corrected chi connectivity index (χ3v) is 7.57. The third-order valence-electron chi connectivity index (χ3n) is 5.67. The first kappa shape index (κ1) is 24.3. The van der Waals surface area contributed by atoms with E-state index in [1.807, 2.05) is 13.8 Å². The van der Waals surface area contributed by atoms with Gasteiger partial charge in [0, 0.05) is 37.5 Å². The molecule has 3 rings (SSSR count). The molecule has 2 aliphatic heterocycles. The fourth-order valence-corrected chi connectivity index (χ4v) is 5.38. The summed E-state index contributed by atoms with van der Waals surface area (Å²) in [4.78, 5) is 26.6. The molecule has 10 heteroatoms. The molecule has 1 amide bonds. The van der Waals surface area contributed by atoms with E-state index in [2.05, 4.69) is 0 Å². The van der Waals surface area contributed by atoms with Crippen molar-refractivity contribution in [2.45, 2.75) is 51.0 Å².